The first-order valence-electron chi connectivity index (χ1n) is 9.78. The van der Waals surface area contributed by atoms with Crippen LogP contribution in [0.15, 0.2) is 62.0 Å². The molecule has 1 fully saturated rings. The summed E-state index contributed by atoms with van der Waals surface area (Å²) in [5.41, 5.74) is -1.69. The van der Waals surface area contributed by atoms with Gasteiger partial charge in [-0.05, 0) is 48.1 Å². The number of aromatic amines is 1. The zero-order chi connectivity index (χ0) is 21.9. The fourth-order valence-corrected chi connectivity index (χ4v) is 5.53. The van der Waals surface area contributed by atoms with Gasteiger partial charge in [0.15, 0.2) is 0 Å². The number of nitrogens with zero attached hydrogens (tertiary/aromatic N) is 2. The fourth-order valence-electron chi connectivity index (χ4n) is 3.85. The number of nitrogens with one attached hydrogen (secondary N) is 1. The predicted molar refractivity (Wildman–Crippen MR) is 116 cm³/mol. The highest BCUT2D eigenvalue weighted by Gasteiger charge is 2.25. The van der Waals surface area contributed by atoms with Crippen LogP contribution in [0.25, 0.3) is 21.8 Å². The van der Waals surface area contributed by atoms with Crippen molar-refractivity contribution >= 4 is 43.2 Å². The third kappa shape index (κ3) is 3.24. The largest absolute Gasteiger partial charge is 0.421 e. The van der Waals surface area contributed by atoms with Crippen molar-refractivity contribution < 1.29 is 13.6 Å². The average molecular weight is 460 g/mol. The molecule has 0 atom stereocenters. The molecular formula is C21H18ClN3O5S. The zero-order valence-corrected chi connectivity index (χ0v) is 17.8. The summed E-state index contributed by atoms with van der Waals surface area (Å²) in [5, 5.41) is 10.2. The smallest absolute Gasteiger partial charge is 0.362 e. The van der Waals surface area contributed by atoms with Crippen molar-refractivity contribution in [2.75, 3.05) is 0 Å². The van der Waals surface area contributed by atoms with Gasteiger partial charge in [-0.2, -0.15) is 0 Å². The van der Waals surface area contributed by atoms with Crippen LogP contribution in [0.4, 0.5) is 0 Å². The lowest BCUT2D eigenvalue weighted by atomic mass is 10.2. The van der Waals surface area contributed by atoms with Gasteiger partial charge in [0, 0.05) is 18.3 Å². The first-order valence-corrected chi connectivity index (χ1v) is 11.6. The van der Waals surface area contributed by atoms with Crippen LogP contribution in [0, 0.1) is 5.92 Å². The van der Waals surface area contributed by atoms with Crippen LogP contribution in [0.1, 0.15) is 19.3 Å². The SMILES string of the molecule is O=c1[nH]c2c(S(=O)(=O)c3ccc4ccn(CCC5CC5)c4c3)ccc(Cl)c2c(=O)n1O. The Morgan fingerprint density at radius 2 is 1.90 bits per heavy atom. The first-order chi connectivity index (χ1) is 14.8. The summed E-state index contributed by atoms with van der Waals surface area (Å²) in [6.07, 6.45) is 5.49. The highest BCUT2D eigenvalue weighted by Crippen LogP contribution is 2.34. The van der Waals surface area contributed by atoms with Crippen LogP contribution in [-0.2, 0) is 16.4 Å². The monoisotopic (exact) mass is 459 g/mol. The second kappa shape index (κ2) is 7.00. The van der Waals surface area contributed by atoms with Gasteiger partial charge < -0.3 is 14.8 Å². The molecule has 0 unspecified atom stereocenters. The van der Waals surface area contributed by atoms with Crippen molar-refractivity contribution in [3.05, 3.63) is 68.5 Å². The molecule has 1 aliphatic carbocycles. The molecule has 1 saturated carbocycles. The van der Waals surface area contributed by atoms with Gasteiger partial charge in [-0.3, -0.25) is 4.79 Å². The molecule has 2 aromatic heterocycles. The summed E-state index contributed by atoms with van der Waals surface area (Å²) < 4.78 is 28.9. The summed E-state index contributed by atoms with van der Waals surface area (Å²) >= 11 is 6.06. The minimum absolute atomic E-state index is 0.0315. The van der Waals surface area contributed by atoms with Gasteiger partial charge >= 0.3 is 5.69 Å². The molecule has 10 heteroatoms. The van der Waals surface area contributed by atoms with Crippen molar-refractivity contribution in [1.29, 1.82) is 0 Å². The number of benzene rings is 2. The van der Waals surface area contributed by atoms with E-state index in [1.54, 1.807) is 12.1 Å². The number of sulfone groups is 1. The van der Waals surface area contributed by atoms with Gasteiger partial charge in [0.1, 0.15) is 0 Å². The number of H-pyrrole nitrogens is 1. The maximum atomic E-state index is 13.5. The molecule has 8 nitrogen and oxygen atoms in total. The van der Waals surface area contributed by atoms with Crippen molar-refractivity contribution in [2.45, 2.75) is 35.6 Å². The van der Waals surface area contributed by atoms with E-state index in [4.69, 9.17) is 11.6 Å². The predicted octanol–water partition coefficient (Wildman–Crippen LogP) is 3.17. The number of hydrogen-bond acceptors (Lipinski definition) is 5. The number of aromatic nitrogens is 3. The fraction of sp³-hybridized carbons (Fsp3) is 0.238. The molecule has 0 spiro atoms. The molecule has 2 aromatic carbocycles. The maximum absolute atomic E-state index is 13.5. The summed E-state index contributed by atoms with van der Waals surface area (Å²) in [4.78, 5) is 26.2. The number of fused-ring (bicyclic) bond motifs is 2. The van der Waals surface area contributed by atoms with Gasteiger partial charge in [0.25, 0.3) is 5.56 Å². The lowest BCUT2D eigenvalue weighted by Gasteiger charge is -2.11. The summed E-state index contributed by atoms with van der Waals surface area (Å²) in [5.74, 6) is 0.747. The number of halogens is 1. The molecule has 1 aliphatic rings. The second-order valence-corrected chi connectivity index (χ2v) is 10.1. The van der Waals surface area contributed by atoms with E-state index < -0.39 is 21.1 Å². The Bertz CT molecular complexity index is 1580. The van der Waals surface area contributed by atoms with Gasteiger partial charge in [-0.15, -0.1) is 0 Å². The molecule has 4 aromatic rings. The molecule has 0 radical (unpaired) electrons. The average Bonchev–Trinajstić information content (AvgIpc) is 3.48. The molecule has 31 heavy (non-hydrogen) atoms. The number of hydrogen-bond donors (Lipinski definition) is 2. The molecule has 160 valence electrons. The minimum Gasteiger partial charge on any atom is -0.421 e. The highest BCUT2D eigenvalue weighted by atomic mass is 35.5. The quantitative estimate of drug-likeness (QED) is 0.445. The van der Waals surface area contributed by atoms with Crippen LogP contribution < -0.4 is 11.2 Å². The Balaban J connectivity index is 1.69. The van der Waals surface area contributed by atoms with Crippen molar-refractivity contribution in [2.24, 2.45) is 5.92 Å². The summed E-state index contributed by atoms with van der Waals surface area (Å²) in [6, 6.07) is 9.27. The van der Waals surface area contributed by atoms with E-state index in [2.05, 4.69) is 4.98 Å². The normalized spacial score (nSPS) is 14.5. The molecular weight excluding hydrogens is 442 g/mol. The Hall–Kier alpha value is -3.04. The molecule has 2 N–H and O–H groups in total. The summed E-state index contributed by atoms with van der Waals surface area (Å²) in [7, 11) is -4.11. The molecule has 5 rings (SSSR count). The highest BCUT2D eigenvalue weighted by molar-refractivity contribution is 7.91. The second-order valence-electron chi connectivity index (χ2n) is 7.81. The van der Waals surface area contributed by atoms with Crippen LogP contribution in [0.2, 0.25) is 5.02 Å². The molecule has 2 heterocycles. The molecule has 0 amide bonds. The van der Waals surface area contributed by atoms with Crippen LogP contribution in [-0.4, -0.2) is 27.9 Å². The van der Waals surface area contributed by atoms with Crippen LogP contribution in [0.5, 0.6) is 0 Å². The van der Waals surface area contributed by atoms with E-state index in [1.165, 1.54) is 31.0 Å². The topological polar surface area (TPSA) is 114 Å². The van der Waals surface area contributed by atoms with E-state index >= 15 is 0 Å². The Morgan fingerprint density at radius 1 is 1.13 bits per heavy atom. The van der Waals surface area contributed by atoms with E-state index in [1.807, 2.05) is 16.8 Å². The lowest BCUT2D eigenvalue weighted by Crippen LogP contribution is -2.33. The van der Waals surface area contributed by atoms with Crippen molar-refractivity contribution in [3.8, 4) is 0 Å². The van der Waals surface area contributed by atoms with Gasteiger partial charge in [-0.25, -0.2) is 13.2 Å². The maximum Gasteiger partial charge on any atom is 0.362 e. The number of aryl methyl sites for hydroxylation is 1. The standard InChI is InChI=1S/C21H18ClN3O5S/c22-15-5-6-17(19-18(15)20(26)25(28)21(27)23-19)31(29,30)14-4-3-13-8-10-24(16(13)11-14)9-7-12-1-2-12/h3-6,8,10-12,28H,1-2,7,9H2,(H,23,27). The van der Waals surface area contributed by atoms with Crippen LogP contribution in [0.3, 0.4) is 0 Å². The van der Waals surface area contributed by atoms with Crippen LogP contribution >= 0.6 is 11.6 Å². The molecule has 0 saturated heterocycles. The van der Waals surface area contributed by atoms with Crippen molar-refractivity contribution in [1.82, 2.24) is 14.3 Å². The first kappa shape index (κ1) is 19.9. The van der Waals surface area contributed by atoms with Gasteiger partial charge in [0.2, 0.25) is 9.84 Å². The van der Waals surface area contributed by atoms with E-state index in [0.717, 1.165) is 29.8 Å². The minimum atomic E-state index is -4.11. The Morgan fingerprint density at radius 3 is 2.65 bits per heavy atom. The van der Waals surface area contributed by atoms with Gasteiger partial charge in [0.05, 0.1) is 25.7 Å². The Kier molecular flexibility index (Phi) is 4.49. The molecule has 0 aliphatic heterocycles. The van der Waals surface area contributed by atoms with Gasteiger partial charge in [-0.1, -0.05) is 35.2 Å². The number of rotatable bonds is 5. The third-order valence-corrected chi connectivity index (χ3v) is 7.88. The van der Waals surface area contributed by atoms with E-state index in [0.29, 0.717) is 0 Å². The summed E-state index contributed by atoms with van der Waals surface area (Å²) in [6.45, 7) is 0.810. The zero-order valence-electron chi connectivity index (χ0n) is 16.2. The van der Waals surface area contributed by atoms with E-state index in [-0.39, 0.29) is 30.4 Å². The third-order valence-electron chi connectivity index (χ3n) is 5.77. The van der Waals surface area contributed by atoms with Crippen molar-refractivity contribution in [3.63, 3.8) is 0 Å². The molecule has 0 bridgehead atoms. The Labute approximate surface area is 181 Å². The van der Waals surface area contributed by atoms with E-state index in [9.17, 15) is 23.2 Å². The lowest BCUT2D eigenvalue weighted by molar-refractivity contribution is 0.162.